The third-order valence-electron chi connectivity index (χ3n) is 5.06. The third-order valence-corrected chi connectivity index (χ3v) is 6.23. The van der Waals surface area contributed by atoms with Gasteiger partial charge in [0.25, 0.3) is 5.91 Å². The smallest absolute Gasteiger partial charge is 0.251 e. The van der Waals surface area contributed by atoms with Crippen molar-refractivity contribution in [2.24, 2.45) is 5.92 Å². The van der Waals surface area contributed by atoms with E-state index in [0.717, 1.165) is 53.3 Å². The lowest BCUT2D eigenvalue weighted by molar-refractivity contribution is 0.0513. The van der Waals surface area contributed by atoms with Crippen LogP contribution in [0.4, 0.5) is 0 Å². The summed E-state index contributed by atoms with van der Waals surface area (Å²) in [5.74, 6) is 0.300. The molecule has 1 atom stereocenters. The van der Waals surface area contributed by atoms with Gasteiger partial charge in [0.2, 0.25) is 0 Å². The summed E-state index contributed by atoms with van der Waals surface area (Å²) in [4.78, 5) is 21.8. The summed E-state index contributed by atoms with van der Waals surface area (Å²) >= 11 is 1.65. The van der Waals surface area contributed by atoms with Crippen molar-refractivity contribution in [2.45, 2.75) is 32.2 Å². The van der Waals surface area contributed by atoms with Crippen molar-refractivity contribution in [3.05, 3.63) is 58.9 Å². The number of nitrogens with one attached hydrogen (secondary N) is 1. The Morgan fingerprint density at radius 2 is 2.19 bits per heavy atom. The zero-order valence-corrected chi connectivity index (χ0v) is 16.2. The number of nitrogens with zero attached hydrogens (tertiary/aromatic N) is 2. The van der Waals surface area contributed by atoms with Gasteiger partial charge in [0.05, 0.1) is 21.3 Å². The summed E-state index contributed by atoms with van der Waals surface area (Å²) in [7, 11) is 0. The summed E-state index contributed by atoms with van der Waals surface area (Å²) < 4.78 is 6.56. The average molecular weight is 382 g/mol. The van der Waals surface area contributed by atoms with Crippen LogP contribution in [0.1, 0.15) is 46.7 Å². The Balaban J connectivity index is 1.59. The first-order valence-corrected chi connectivity index (χ1v) is 10.2. The molecular weight excluding hydrogens is 358 g/mol. The van der Waals surface area contributed by atoms with E-state index >= 15 is 0 Å². The van der Waals surface area contributed by atoms with Crippen LogP contribution in [-0.2, 0) is 11.2 Å². The molecule has 140 valence electrons. The summed E-state index contributed by atoms with van der Waals surface area (Å²) in [6.45, 7) is 3.57. The second-order valence-electron chi connectivity index (χ2n) is 6.83. The molecule has 4 rings (SSSR count). The van der Waals surface area contributed by atoms with Crippen molar-refractivity contribution < 1.29 is 9.53 Å². The molecule has 6 heteroatoms. The van der Waals surface area contributed by atoms with Crippen LogP contribution < -0.4 is 5.32 Å². The highest BCUT2D eigenvalue weighted by atomic mass is 32.1. The Kier molecular flexibility index (Phi) is 5.45. The summed E-state index contributed by atoms with van der Waals surface area (Å²) in [6.07, 6.45) is 6.39. The Hall–Kier alpha value is -2.31. The number of thiazole rings is 1. The molecule has 1 amide bonds. The molecule has 2 aromatic heterocycles. The molecule has 1 saturated heterocycles. The number of ether oxygens (including phenoxy) is 1. The topological polar surface area (TPSA) is 64.1 Å². The number of carbonyl (C=O) groups excluding carboxylic acids is 1. The van der Waals surface area contributed by atoms with Gasteiger partial charge in [-0.2, -0.15) is 0 Å². The molecule has 1 N–H and O–H groups in total. The molecule has 0 bridgehead atoms. The number of benzene rings is 1. The summed E-state index contributed by atoms with van der Waals surface area (Å²) in [5.41, 5.74) is 2.68. The van der Waals surface area contributed by atoms with E-state index in [0.29, 0.717) is 11.5 Å². The minimum Gasteiger partial charge on any atom is -0.381 e. The maximum absolute atomic E-state index is 13.0. The molecule has 27 heavy (non-hydrogen) atoms. The summed E-state index contributed by atoms with van der Waals surface area (Å²) in [5, 5.41) is 4.35. The molecule has 3 heterocycles. The monoisotopic (exact) mass is 381 g/mol. The normalized spacial score (nSPS) is 16.3. The van der Waals surface area contributed by atoms with Crippen LogP contribution in [0.15, 0.2) is 42.7 Å². The van der Waals surface area contributed by atoms with Gasteiger partial charge in [0.1, 0.15) is 0 Å². The first-order chi connectivity index (χ1) is 13.2. The van der Waals surface area contributed by atoms with Gasteiger partial charge in [0, 0.05) is 31.2 Å². The minimum atomic E-state index is -0.0570. The molecule has 1 fully saturated rings. The number of carbonyl (C=O) groups is 1. The fourth-order valence-corrected chi connectivity index (χ4v) is 4.52. The van der Waals surface area contributed by atoms with Gasteiger partial charge in [-0.15, -0.1) is 11.3 Å². The molecule has 0 saturated carbocycles. The Morgan fingerprint density at radius 3 is 2.93 bits per heavy atom. The predicted octanol–water partition coefficient (Wildman–Crippen LogP) is 4.15. The highest BCUT2D eigenvalue weighted by molar-refractivity contribution is 7.18. The van der Waals surface area contributed by atoms with E-state index in [1.807, 2.05) is 36.5 Å². The van der Waals surface area contributed by atoms with E-state index in [9.17, 15) is 4.79 Å². The highest BCUT2D eigenvalue weighted by Gasteiger charge is 2.27. The zero-order valence-electron chi connectivity index (χ0n) is 15.4. The molecular formula is C21H23N3O2S. The van der Waals surface area contributed by atoms with Crippen LogP contribution in [0.25, 0.3) is 10.2 Å². The number of aromatic nitrogens is 2. The first kappa shape index (κ1) is 18.1. The lowest BCUT2D eigenvalue weighted by Gasteiger charge is -2.31. The largest absolute Gasteiger partial charge is 0.381 e. The lowest BCUT2D eigenvalue weighted by Crippen LogP contribution is -2.36. The van der Waals surface area contributed by atoms with Crippen LogP contribution in [0.5, 0.6) is 0 Å². The lowest BCUT2D eigenvalue weighted by atomic mass is 9.87. The number of hydrogen-bond donors (Lipinski definition) is 1. The van der Waals surface area contributed by atoms with Crippen LogP contribution in [0.3, 0.4) is 0 Å². The molecule has 1 unspecified atom stereocenters. The van der Waals surface area contributed by atoms with Crippen molar-refractivity contribution in [1.82, 2.24) is 15.3 Å². The molecule has 1 aliphatic heterocycles. The quantitative estimate of drug-likeness (QED) is 0.721. The highest BCUT2D eigenvalue weighted by Crippen LogP contribution is 2.30. The number of aryl methyl sites for hydroxylation is 1. The van der Waals surface area contributed by atoms with Crippen LogP contribution in [0, 0.1) is 5.92 Å². The van der Waals surface area contributed by atoms with Gasteiger partial charge in [0.15, 0.2) is 0 Å². The van der Waals surface area contributed by atoms with Crippen LogP contribution >= 0.6 is 11.3 Å². The number of hydrogen-bond acceptors (Lipinski definition) is 5. The fraction of sp³-hybridized carbons (Fsp3) is 0.381. The Bertz CT molecular complexity index is 920. The van der Waals surface area contributed by atoms with Crippen molar-refractivity contribution in [3.63, 3.8) is 0 Å². The SMILES string of the molecule is CCc1nc2ccc(C(=O)NC(c3cccnc3)C3CCOCC3)cc2s1. The van der Waals surface area contributed by atoms with Gasteiger partial charge >= 0.3 is 0 Å². The maximum atomic E-state index is 13.0. The number of rotatable bonds is 5. The van der Waals surface area contributed by atoms with Gasteiger partial charge in [-0.1, -0.05) is 13.0 Å². The van der Waals surface area contributed by atoms with Crippen molar-refractivity contribution in [1.29, 1.82) is 0 Å². The van der Waals surface area contributed by atoms with Crippen molar-refractivity contribution in [3.8, 4) is 0 Å². The number of pyridine rings is 1. The maximum Gasteiger partial charge on any atom is 0.251 e. The molecule has 5 nitrogen and oxygen atoms in total. The summed E-state index contributed by atoms with van der Waals surface area (Å²) in [6, 6.07) is 9.65. The van der Waals surface area contributed by atoms with E-state index in [1.165, 1.54) is 0 Å². The molecule has 1 aromatic carbocycles. The number of fused-ring (bicyclic) bond motifs is 1. The zero-order chi connectivity index (χ0) is 18.6. The predicted molar refractivity (Wildman–Crippen MR) is 107 cm³/mol. The van der Waals surface area contributed by atoms with Crippen LogP contribution in [0.2, 0.25) is 0 Å². The second-order valence-corrected chi connectivity index (χ2v) is 7.95. The first-order valence-electron chi connectivity index (χ1n) is 9.42. The van der Waals surface area contributed by atoms with Crippen molar-refractivity contribution in [2.75, 3.05) is 13.2 Å². The van der Waals surface area contributed by atoms with Crippen LogP contribution in [-0.4, -0.2) is 29.1 Å². The van der Waals surface area contributed by atoms with Gasteiger partial charge in [-0.05, 0) is 55.0 Å². The van der Waals surface area contributed by atoms with Gasteiger partial charge in [-0.3, -0.25) is 9.78 Å². The fourth-order valence-electron chi connectivity index (χ4n) is 3.57. The average Bonchev–Trinajstić information content (AvgIpc) is 3.15. The molecule has 0 aliphatic carbocycles. The molecule has 0 spiro atoms. The molecule has 0 radical (unpaired) electrons. The molecule has 1 aliphatic rings. The standard InChI is InChI=1S/C21H23N3O2S/c1-2-19-23-17-6-5-15(12-18(17)27-19)21(25)24-20(14-7-10-26-11-8-14)16-4-3-9-22-13-16/h3-6,9,12-14,20H,2,7-8,10-11H2,1H3,(H,24,25). The Morgan fingerprint density at radius 1 is 1.33 bits per heavy atom. The number of amides is 1. The van der Waals surface area contributed by atoms with E-state index < -0.39 is 0 Å². The van der Waals surface area contributed by atoms with E-state index in [-0.39, 0.29) is 11.9 Å². The second kappa shape index (κ2) is 8.15. The minimum absolute atomic E-state index is 0.0521. The Labute approximate surface area is 162 Å². The third kappa shape index (κ3) is 4.01. The molecule has 3 aromatic rings. The van der Waals surface area contributed by atoms with Gasteiger partial charge in [-0.25, -0.2) is 4.98 Å². The van der Waals surface area contributed by atoms with Gasteiger partial charge < -0.3 is 10.1 Å². The van der Waals surface area contributed by atoms with Crippen molar-refractivity contribution >= 4 is 27.5 Å². The van der Waals surface area contributed by atoms with E-state index in [4.69, 9.17) is 4.74 Å². The van der Waals surface area contributed by atoms with E-state index in [1.54, 1.807) is 17.5 Å². The van der Waals surface area contributed by atoms with E-state index in [2.05, 4.69) is 22.2 Å².